The standard InChI is InChI=1S/C18H26BrNO2/c1-18(2,3)13-9-10-16(15(19)11-13)22-12-17(21)20-14-7-5-4-6-8-14/h9-11,14H,4-8,12H2,1-3H3,(H,20,21). The molecule has 1 N–H and O–H groups in total. The molecule has 0 radical (unpaired) electrons. The smallest absolute Gasteiger partial charge is 0.258 e. The SMILES string of the molecule is CC(C)(C)c1ccc(OCC(=O)NC2CCCCC2)c(Br)c1. The van der Waals surface area contributed by atoms with Crippen molar-refractivity contribution in [2.45, 2.75) is 64.3 Å². The van der Waals surface area contributed by atoms with E-state index in [2.05, 4.69) is 54.2 Å². The minimum atomic E-state index is -0.0290. The molecule has 0 aromatic heterocycles. The maximum absolute atomic E-state index is 12.0. The number of halogens is 1. The van der Waals surface area contributed by atoms with E-state index in [9.17, 15) is 4.79 Å². The van der Waals surface area contributed by atoms with Gasteiger partial charge in [-0.1, -0.05) is 46.1 Å². The van der Waals surface area contributed by atoms with Crippen LogP contribution in [0, 0.1) is 0 Å². The van der Waals surface area contributed by atoms with Crippen molar-refractivity contribution in [3.63, 3.8) is 0 Å². The van der Waals surface area contributed by atoms with Crippen molar-refractivity contribution >= 4 is 21.8 Å². The molecule has 0 atom stereocenters. The summed E-state index contributed by atoms with van der Waals surface area (Å²) in [5.41, 5.74) is 1.33. The first kappa shape index (κ1) is 17.3. The third-order valence-electron chi connectivity index (χ3n) is 4.13. The zero-order valence-electron chi connectivity index (χ0n) is 13.7. The van der Waals surface area contributed by atoms with Crippen molar-refractivity contribution in [3.8, 4) is 5.75 Å². The van der Waals surface area contributed by atoms with E-state index in [1.165, 1.54) is 24.8 Å². The number of amides is 1. The Hall–Kier alpha value is -1.03. The van der Waals surface area contributed by atoms with E-state index in [0.29, 0.717) is 11.8 Å². The largest absolute Gasteiger partial charge is 0.483 e. The van der Waals surface area contributed by atoms with Crippen LogP contribution in [-0.4, -0.2) is 18.6 Å². The van der Waals surface area contributed by atoms with Gasteiger partial charge in [0.05, 0.1) is 4.47 Å². The predicted molar refractivity (Wildman–Crippen MR) is 93.4 cm³/mol. The van der Waals surface area contributed by atoms with E-state index >= 15 is 0 Å². The molecule has 1 saturated carbocycles. The Morgan fingerprint density at radius 3 is 2.55 bits per heavy atom. The molecular formula is C18H26BrNO2. The van der Waals surface area contributed by atoms with Gasteiger partial charge in [-0.3, -0.25) is 4.79 Å². The lowest BCUT2D eigenvalue weighted by Crippen LogP contribution is -2.39. The second-order valence-corrected chi connectivity index (χ2v) is 7.94. The zero-order valence-corrected chi connectivity index (χ0v) is 15.3. The summed E-state index contributed by atoms with van der Waals surface area (Å²) in [6, 6.07) is 6.38. The molecule has 0 spiro atoms. The van der Waals surface area contributed by atoms with Crippen LogP contribution in [0.15, 0.2) is 22.7 Å². The van der Waals surface area contributed by atoms with E-state index in [0.717, 1.165) is 17.3 Å². The van der Waals surface area contributed by atoms with Gasteiger partial charge in [-0.15, -0.1) is 0 Å². The van der Waals surface area contributed by atoms with Crippen molar-refractivity contribution in [3.05, 3.63) is 28.2 Å². The number of hydrogen-bond acceptors (Lipinski definition) is 2. The molecule has 122 valence electrons. The first-order valence-electron chi connectivity index (χ1n) is 8.08. The van der Waals surface area contributed by atoms with Gasteiger partial charge in [0.2, 0.25) is 0 Å². The number of hydrogen-bond donors (Lipinski definition) is 1. The predicted octanol–water partition coefficient (Wildman–Crippen LogP) is 4.57. The number of carbonyl (C=O) groups excluding carboxylic acids is 1. The molecule has 1 aromatic carbocycles. The topological polar surface area (TPSA) is 38.3 Å². The van der Waals surface area contributed by atoms with Crippen LogP contribution in [0.4, 0.5) is 0 Å². The van der Waals surface area contributed by atoms with E-state index < -0.39 is 0 Å². The van der Waals surface area contributed by atoms with Crippen LogP contribution >= 0.6 is 15.9 Å². The van der Waals surface area contributed by atoms with Gasteiger partial charge in [-0.05, 0) is 51.9 Å². The van der Waals surface area contributed by atoms with Crippen molar-refractivity contribution in [1.82, 2.24) is 5.32 Å². The summed E-state index contributed by atoms with van der Waals surface area (Å²) in [6.07, 6.45) is 5.90. The molecule has 3 nitrogen and oxygen atoms in total. The molecule has 0 bridgehead atoms. The van der Waals surface area contributed by atoms with E-state index in [4.69, 9.17) is 4.74 Å². The second-order valence-electron chi connectivity index (χ2n) is 7.09. The zero-order chi connectivity index (χ0) is 16.2. The van der Waals surface area contributed by atoms with Gasteiger partial charge < -0.3 is 10.1 Å². The summed E-state index contributed by atoms with van der Waals surface area (Å²) < 4.78 is 6.54. The van der Waals surface area contributed by atoms with Crippen LogP contribution in [-0.2, 0) is 10.2 Å². The lowest BCUT2D eigenvalue weighted by molar-refractivity contribution is -0.124. The molecule has 1 aliphatic carbocycles. The number of ether oxygens (including phenoxy) is 1. The molecule has 1 amide bonds. The summed E-state index contributed by atoms with van der Waals surface area (Å²) in [5.74, 6) is 0.686. The Labute approximate surface area is 141 Å². The van der Waals surface area contributed by atoms with E-state index in [1.54, 1.807) is 0 Å². The molecular weight excluding hydrogens is 342 g/mol. The molecule has 0 aliphatic heterocycles. The fraction of sp³-hybridized carbons (Fsp3) is 0.611. The first-order chi connectivity index (χ1) is 10.4. The van der Waals surface area contributed by atoms with Crippen LogP contribution in [0.2, 0.25) is 0 Å². The first-order valence-corrected chi connectivity index (χ1v) is 8.88. The minimum absolute atomic E-state index is 0.0290. The molecule has 4 heteroatoms. The summed E-state index contributed by atoms with van der Waals surface area (Å²) in [4.78, 5) is 12.0. The lowest BCUT2D eigenvalue weighted by Gasteiger charge is -2.23. The molecule has 1 aliphatic rings. The van der Waals surface area contributed by atoms with Crippen molar-refractivity contribution < 1.29 is 9.53 Å². The van der Waals surface area contributed by atoms with Gasteiger partial charge in [0.15, 0.2) is 6.61 Å². The third-order valence-corrected chi connectivity index (χ3v) is 4.75. The highest BCUT2D eigenvalue weighted by molar-refractivity contribution is 9.10. The number of rotatable bonds is 4. The summed E-state index contributed by atoms with van der Waals surface area (Å²) in [7, 11) is 0. The fourth-order valence-corrected chi connectivity index (χ4v) is 3.24. The Morgan fingerprint density at radius 1 is 1.27 bits per heavy atom. The van der Waals surface area contributed by atoms with Gasteiger partial charge in [-0.25, -0.2) is 0 Å². The van der Waals surface area contributed by atoms with E-state index in [1.807, 2.05) is 6.07 Å². The highest BCUT2D eigenvalue weighted by Crippen LogP contribution is 2.31. The van der Waals surface area contributed by atoms with Crippen LogP contribution in [0.3, 0.4) is 0 Å². The Bertz CT molecular complexity index is 516. The Kier molecular flexibility index (Phi) is 5.90. The van der Waals surface area contributed by atoms with Crippen molar-refractivity contribution in [2.24, 2.45) is 0 Å². The molecule has 1 aromatic rings. The van der Waals surface area contributed by atoms with Crippen LogP contribution < -0.4 is 10.1 Å². The third kappa shape index (κ3) is 5.01. The minimum Gasteiger partial charge on any atom is -0.483 e. The van der Waals surface area contributed by atoms with Gasteiger partial charge in [-0.2, -0.15) is 0 Å². The molecule has 0 unspecified atom stereocenters. The van der Waals surface area contributed by atoms with Crippen molar-refractivity contribution in [2.75, 3.05) is 6.61 Å². The van der Waals surface area contributed by atoms with Crippen molar-refractivity contribution in [1.29, 1.82) is 0 Å². The average molecular weight is 368 g/mol. The Balaban J connectivity index is 1.87. The van der Waals surface area contributed by atoms with Crippen LogP contribution in [0.1, 0.15) is 58.4 Å². The average Bonchev–Trinajstić information content (AvgIpc) is 2.46. The molecule has 2 rings (SSSR count). The van der Waals surface area contributed by atoms with Gasteiger partial charge in [0.1, 0.15) is 5.75 Å². The lowest BCUT2D eigenvalue weighted by atomic mass is 9.87. The fourth-order valence-electron chi connectivity index (χ4n) is 2.74. The highest BCUT2D eigenvalue weighted by Gasteiger charge is 2.17. The van der Waals surface area contributed by atoms with E-state index in [-0.39, 0.29) is 17.9 Å². The van der Waals surface area contributed by atoms with Crippen LogP contribution in [0.5, 0.6) is 5.75 Å². The van der Waals surface area contributed by atoms with Crippen LogP contribution in [0.25, 0.3) is 0 Å². The molecule has 0 saturated heterocycles. The molecule has 1 fully saturated rings. The molecule has 22 heavy (non-hydrogen) atoms. The Morgan fingerprint density at radius 2 is 1.95 bits per heavy atom. The number of carbonyl (C=O) groups is 1. The van der Waals surface area contributed by atoms with Gasteiger partial charge in [0.25, 0.3) is 5.91 Å². The normalized spacial score (nSPS) is 16.4. The number of nitrogens with one attached hydrogen (secondary N) is 1. The maximum atomic E-state index is 12.0. The van der Waals surface area contributed by atoms with Gasteiger partial charge in [0, 0.05) is 6.04 Å². The summed E-state index contributed by atoms with van der Waals surface area (Å²) in [5, 5.41) is 3.06. The summed E-state index contributed by atoms with van der Waals surface area (Å²) in [6.45, 7) is 6.59. The second kappa shape index (κ2) is 7.49. The number of benzene rings is 1. The van der Waals surface area contributed by atoms with Gasteiger partial charge >= 0.3 is 0 Å². The molecule has 0 heterocycles. The monoisotopic (exact) mass is 367 g/mol. The quantitative estimate of drug-likeness (QED) is 0.845. The summed E-state index contributed by atoms with van der Waals surface area (Å²) >= 11 is 3.53. The highest BCUT2D eigenvalue weighted by atomic mass is 79.9. The maximum Gasteiger partial charge on any atom is 0.258 e.